The molecule has 4 aromatic rings. The Morgan fingerprint density at radius 3 is 1.63 bits per heavy atom. The molecule has 1 atom stereocenters. The van der Waals surface area contributed by atoms with E-state index >= 15 is 0 Å². The highest BCUT2D eigenvalue weighted by atomic mass is 31.2. The van der Waals surface area contributed by atoms with Crippen LogP contribution < -0.4 is 20.8 Å². The number of halogens is 3. The van der Waals surface area contributed by atoms with Crippen molar-refractivity contribution in [2.45, 2.75) is 18.3 Å². The highest BCUT2D eigenvalue weighted by Crippen LogP contribution is 2.62. The predicted octanol–water partition coefficient (Wildman–Crippen LogP) is 5.80. The minimum Gasteiger partial charge on any atom is -0.309 e. The molecule has 6 heteroatoms. The Balaban J connectivity index is 1.68. The lowest BCUT2D eigenvalue weighted by Crippen LogP contribution is -2.42. The number of nitrogens with zero attached hydrogens (tertiary/aromatic N) is 1. The monoisotopic (exact) mass is 490 g/mol. The maximum atomic E-state index is 14.1. The van der Waals surface area contributed by atoms with Crippen molar-refractivity contribution in [3.8, 4) is 0 Å². The molecule has 0 aliphatic carbocycles. The van der Waals surface area contributed by atoms with Gasteiger partial charge in [-0.3, -0.25) is 4.79 Å². The van der Waals surface area contributed by atoms with Gasteiger partial charge in [0.25, 0.3) is 5.91 Å². The van der Waals surface area contributed by atoms with E-state index in [0.717, 1.165) is 28.0 Å². The molecule has 0 radical (unpaired) electrons. The lowest BCUT2D eigenvalue weighted by Gasteiger charge is -2.32. The van der Waals surface area contributed by atoms with Crippen molar-refractivity contribution in [3.63, 3.8) is 0 Å². The molecule has 1 amide bonds. The number of amides is 1. The molecule has 5 rings (SSSR count). The SMILES string of the molecule is O=C1[C@H]([P+](c2ccccc2)(c2ccccc2)c2ccccc2)CCN1c1cccc(C(F)(F)F)c1. The molecule has 4 aromatic carbocycles. The van der Waals surface area contributed by atoms with Crippen molar-refractivity contribution in [2.75, 3.05) is 11.4 Å². The van der Waals surface area contributed by atoms with Gasteiger partial charge < -0.3 is 4.90 Å². The molecule has 1 aliphatic rings. The van der Waals surface area contributed by atoms with E-state index in [2.05, 4.69) is 36.4 Å². The van der Waals surface area contributed by atoms with E-state index in [-0.39, 0.29) is 11.6 Å². The third kappa shape index (κ3) is 4.15. The fourth-order valence-corrected chi connectivity index (χ4v) is 9.98. The van der Waals surface area contributed by atoms with Gasteiger partial charge in [-0.15, -0.1) is 0 Å². The molecule has 35 heavy (non-hydrogen) atoms. The average molecular weight is 490 g/mol. The first-order valence-electron chi connectivity index (χ1n) is 11.5. The van der Waals surface area contributed by atoms with E-state index in [1.54, 1.807) is 6.07 Å². The first-order valence-corrected chi connectivity index (χ1v) is 13.3. The molecule has 0 unspecified atom stereocenters. The Labute approximate surface area is 203 Å². The summed E-state index contributed by atoms with van der Waals surface area (Å²) >= 11 is 0. The number of hydrogen-bond donors (Lipinski definition) is 0. The summed E-state index contributed by atoms with van der Waals surface area (Å²) in [6, 6.07) is 35.3. The van der Waals surface area contributed by atoms with Gasteiger partial charge in [-0.25, -0.2) is 0 Å². The zero-order valence-electron chi connectivity index (χ0n) is 18.9. The number of carbonyl (C=O) groups excluding carboxylic acids is 1. The van der Waals surface area contributed by atoms with Crippen LogP contribution >= 0.6 is 7.26 Å². The van der Waals surface area contributed by atoms with E-state index in [4.69, 9.17) is 0 Å². The molecule has 0 N–H and O–H groups in total. The fourth-order valence-electron chi connectivity index (χ4n) is 5.11. The van der Waals surface area contributed by atoms with Crippen molar-refractivity contribution in [2.24, 2.45) is 0 Å². The van der Waals surface area contributed by atoms with Crippen LogP contribution in [0, 0.1) is 0 Å². The second-order valence-electron chi connectivity index (χ2n) is 8.57. The van der Waals surface area contributed by atoms with Crippen LogP contribution in [0.3, 0.4) is 0 Å². The maximum absolute atomic E-state index is 14.1. The fraction of sp³-hybridized carbons (Fsp3) is 0.138. The highest BCUT2D eigenvalue weighted by Gasteiger charge is 2.58. The summed E-state index contributed by atoms with van der Waals surface area (Å²) in [5.74, 6) is -0.130. The third-order valence-corrected chi connectivity index (χ3v) is 11.4. The Hall–Kier alpha value is -3.43. The van der Waals surface area contributed by atoms with E-state index in [1.807, 2.05) is 54.6 Å². The largest absolute Gasteiger partial charge is 0.416 e. The molecule has 1 heterocycles. The predicted molar refractivity (Wildman–Crippen MR) is 137 cm³/mol. The first kappa shape index (κ1) is 23.3. The zero-order valence-corrected chi connectivity index (χ0v) is 19.8. The van der Waals surface area contributed by atoms with Gasteiger partial charge in [-0.05, 0) is 54.6 Å². The minimum atomic E-state index is -4.47. The summed E-state index contributed by atoms with van der Waals surface area (Å²) in [5.41, 5.74) is -0.842. The Morgan fingerprint density at radius 2 is 1.17 bits per heavy atom. The van der Waals surface area contributed by atoms with Gasteiger partial charge in [0.2, 0.25) is 0 Å². The molecule has 0 spiro atoms. The molecular weight excluding hydrogens is 466 g/mol. The summed E-state index contributed by atoms with van der Waals surface area (Å²) in [4.78, 5) is 15.6. The normalized spacial score (nSPS) is 16.5. The molecule has 176 valence electrons. The van der Waals surface area contributed by atoms with E-state index in [9.17, 15) is 18.0 Å². The van der Waals surface area contributed by atoms with E-state index < -0.39 is 19.0 Å². The third-order valence-electron chi connectivity index (χ3n) is 6.62. The van der Waals surface area contributed by atoms with Crippen molar-refractivity contribution in [1.82, 2.24) is 0 Å². The van der Waals surface area contributed by atoms with Crippen LogP contribution in [0.4, 0.5) is 18.9 Å². The molecule has 2 nitrogen and oxygen atoms in total. The molecule has 1 fully saturated rings. The minimum absolute atomic E-state index is 0.130. The average Bonchev–Trinajstić information content (AvgIpc) is 3.27. The molecule has 0 aromatic heterocycles. The van der Waals surface area contributed by atoms with Gasteiger partial charge in [0, 0.05) is 18.7 Å². The van der Waals surface area contributed by atoms with E-state index in [1.165, 1.54) is 11.0 Å². The smallest absolute Gasteiger partial charge is 0.309 e. The Morgan fingerprint density at radius 1 is 0.686 bits per heavy atom. The molecular formula is C29H24F3NOP+. The topological polar surface area (TPSA) is 20.3 Å². The van der Waals surface area contributed by atoms with Gasteiger partial charge in [0.15, 0.2) is 5.66 Å². The number of benzene rings is 4. The molecule has 0 saturated carbocycles. The van der Waals surface area contributed by atoms with E-state index in [0.29, 0.717) is 18.7 Å². The van der Waals surface area contributed by atoms with Gasteiger partial charge in [0.05, 0.1) is 5.56 Å². The van der Waals surface area contributed by atoms with Crippen LogP contribution in [-0.2, 0) is 11.0 Å². The lowest BCUT2D eigenvalue weighted by atomic mass is 10.2. The second-order valence-corrected chi connectivity index (χ2v) is 12.2. The summed E-state index contributed by atoms with van der Waals surface area (Å²) in [6.45, 7) is 0.374. The van der Waals surface area contributed by atoms with Gasteiger partial charge in [0.1, 0.15) is 23.2 Å². The molecule has 1 aliphatic heterocycles. The summed E-state index contributed by atoms with van der Waals surface area (Å²) in [6.07, 6.45) is -3.91. The molecule has 1 saturated heterocycles. The van der Waals surface area contributed by atoms with Crippen LogP contribution in [-0.4, -0.2) is 18.1 Å². The second kappa shape index (κ2) is 9.31. The Kier molecular flexibility index (Phi) is 6.21. The number of anilines is 1. The van der Waals surface area contributed by atoms with Crippen LogP contribution in [0.5, 0.6) is 0 Å². The van der Waals surface area contributed by atoms with Gasteiger partial charge >= 0.3 is 6.18 Å². The number of rotatable bonds is 5. The standard InChI is InChI=1S/C29H24F3NOP/c30-29(31,32)22-11-10-12-23(21-22)33-20-19-27(28(33)34)35(24-13-4-1-5-14-24,25-15-6-2-7-16-25)26-17-8-3-9-18-26/h1-18,21,27H,19-20H2/q+1/t27-/m1/s1. The summed E-state index contributed by atoms with van der Waals surface area (Å²) in [5, 5.41) is 3.25. The summed E-state index contributed by atoms with van der Waals surface area (Å²) < 4.78 is 40.2. The van der Waals surface area contributed by atoms with Crippen molar-refractivity contribution < 1.29 is 18.0 Å². The summed E-state index contributed by atoms with van der Waals surface area (Å²) in [7, 11) is -2.47. The Bertz CT molecular complexity index is 1210. The quantitative estimate of drug-likeness (QED) is 0.324. The number of alkyl halides is 3. The number of hydrogen-bond acceptors (Lipinski definition) is 1. The molecule has 0 bridgehead atoms. The number of carbonyl (C=O) groups is 1. The van der Waals surface area contributed by atoms with Crippen LogP contribution in [0.1, 0.15) is 12.0 Å². The van der Waals surface area contributed by atoms with Gasteiger partial charge in [-0.1, -0.05) is 60.7 Å². The van der Waals surface area contributed by atoms with Crippen molar-refractivity contribution >= 4 is 34.8 Å². The highest BCUT2D eigenvalue weighted by molar-refractivity contribution is 7.97. The van der Waals surface area contributed by atoms with Crippen LogP contribution in [0.25, 0.3) is 0 Å². The van der Waals surface area contributed by atoms with Crippen LogP contribution in [0.15, 0.2) is 115 Å². The maximum Gasteiger partial charge on any atom is 0.416 e. The van der Waals surface area contributed by atoms with Crippen LogP contribution in [0.2, 0.25) is 0 Å². The first-order chi connectivity index (χ1) is 16.9. The zero-order chi connectivity index (χ0) is 24.5. The van der Waals surface area contributed by atoms with Gasteiger partial charge in [-0.2, -0.15) is 13.2 Å². The van der Waals surface area contributed by atoms with Crippen molar-refractivity contribution in [1.29, 1.82) is 0 Å². The van der Waals surface area contributed by atoms with Crippen molar-refractivity contribution in [3.05, 3.63) is 121 Å². The lowest BCUT2D eigenvalue weighted by molar-refractivity contribution is -0.137.